The Kier molecular flexibility index (Phi) is 6.22. The largest absolute Gasteiger partial charge is 0.479 e. The van der Waals surface area contributed by atoms with Crippen molar-refractivity contribution in [1.82, 2.24) is 10.2 Å². The van der Waals surface area contributed by atoms with Crippen LogP contribution in [0.4, 0.5) is 13.2 Å². The molecule has 1 fully saturated rings. The maximum absolute atomic E-state index is 12.4. The molecule has 1 aliphatic rings. The van der Waals surface area contributed by atoms with E-state index in [4.69, 9.17) is 27.9 Å². The lowest BCUT2D eigenvalue weighted by atomic mass is 10.2. The summed E-state index contributed by atoms with van der Waals surface area (Å²) in [7, 11) is 0. The molecule has 1 amide bonds. The Morgan fingerprint density at radius 2 is 2.17 bits per heavy atom. The highest BCUT2D eigenvalue weighted by Gasteiger charge is 2.35. The summed E-state index contributed by atoms with van der Waals surface area (Å²) >= 11 is 11.9. The third-order valence-corrected chi connectivity index (χ3v) is 4.41. The van der Waals surface area contributed by atoms with Gasteiger partial charge in [0.2, 0.25) is 0 Å². The molecule has 0 aromatic heterocycles. The van der Waals surface area contributed by atoms with Crippen molar-refractivity contribution in [3.63, 3.8) is 0 Å². The first-order chi connectivity index (χ1) is 11.2. The number of carbonyl (C=O) groups is 1. The van der Waals surface area contributed by atoms with E-state index in [9.17, 15) is 18.0 Å². The van der Waals surface area contributed by atoms with Crippen molar-refractivity contribution in [3.8, 4) is 5.75 Å². The Morgan fingerprint density at radius 1 is 1.46 bits per heavy atom. The van der Waals surface area contributed by atoms with Gasteiger partial charge in [0.05, 0.1) is 11.6 Å². The molecule has 1 aliphatic heterocycles. The van der Waals surface area contributed by atoms with Gasteiger partial charge in [-0.05, 0) is 25.5 Å². The Bertz CT molecular complexity index is 599. The summed E-state index contributed by atoms with van der Waals surface area (Å²) in [5, 5.41) is 3.21. The zero-order valence-corrected chi connectivity index (χ0v) is 14.4. The summed E-state index contributed by atoms with van der Waals surface area (Å²) in [6.07, 6.45) is -4.62. The molecule has 1 N–H and O–H groups in total. The maximum atomic E-state index is 12.4. The lowest BCUT2D eigenvalue weighted by molar-refractivity contribution is -0.143. The van der Waals surface area contributed by atoms with Gasteiger partial charge in [-0.25, -0.2) is 0 Å². The fourth-order valence-corrected chi connectivity index (χ4v) is 2.82. The summed E-state index contributed by atoms with van der Waals surface area (Å²) < 4.78 is 42.6. The number of halogens is 5. The quantitative estimate of drug-likeness (QED) is 0.844. The van der Waals surface area contributed by atoms with Crippen LogP contribution in [0.5, 0.6) is 5.75 Å². The highest BCUT2D eigenvalue weighted by molar-refractivity contribution is 6.42. The van der Waals surface area contributed by atoms with Crippen molar-refractivity contribution in [3.05, 3.63) is 28.2 Å². The summed E-state index contributed by atoms with van der Waals surface area (Å²) in [6.45, 7) is 1.02. The van der Waals surface area contributed by atoms with E-state index in [1.54, 1.807) is 18.2 Å². The minimum atomic E-state index is -4.24. The fraction of sp³-hybridized carbons (Fsp3) is 0.533. The standard InChI is InChI=1S/C15H17Cl2F3N2O2/c1-9(24-12-4-2-3-11(16)13(12)17)14(23)21-10-5-6-22(7-10)8-15(18,19)20/h2-4,9-10H,5-8H2,1H3,(H,21,23). The number of hydrogen-bond acceptors (Lipinski definition) is 3. The second kappa shape index (κ2) is 7.80. The molecule has 2 rings (SSSR count). The molecule has 0 aliphatic carbocycles. The van der Waals surface area contributed by atoms with E-state index in [0.717, 1.165) is 0 Å². The lowest BCUT2D eigenvalue weighted by Crippen LogP contribution is -2.44. The average Bonchev–Trinajstić information content (AvgIpc) is 2.88. The minimum Gasteiger partial charge on any atom is -0.479 e. The third kappa shape index (κ3) is 5.43. The topological polar surface area (TPSA) is 41.6 Å². The molecule has 4 nitrogen and oxygen atoms in total. The smallest absolute Gasteiger partial charge is 0.401 e. The molecule has 134 valence electrons. The van der Waals surface area contributed by atoms with Gasteiger partial charge in [0.25, 0.3) is 5.91 Å². The third-order valence-electron chi connectivity index (χ3n) is 3.61. The predicted molar refractivity (Wildman–Crippen MR) is 85.6 cm³/mol. The molecule has 1 aromatic carbocycles. The van der Waals surface area contributed by atoms with Gasteiger partial charge in [-0.15, -0.1) is 0 Å². The molecule has 0 spiro atoms. The van der Waals surface area contributed by atoms with E-state index in [-0.39, 0.29) is 23.4 Å². The van der Waals surface area contributed by atoms with Crippen molar-refractivity contribution >= 4 is 29.1 Å². The van der Waals surface area contributed by atoms with Crippen molar-refractivity contribution < 1.29 is 22.7 Å². The fourth-order valence-electron chi connectivity index (χ4n) is 2.49. The number of benzene rings is 1. The predicted octanol–water partition coefficient (Wildman–Crippen LogP) is 3.51. The summed E-state index contributed by atoms with van der Waals surface area (Å²) in [4.78, 5) is 13.4. The van der Waals surface area contributed by atoms with Crippen LogP contribution < -0.4 is 10.1 Å². The monoisotopic (exact) mass is 384 g/mol. The second-order valence-electron chi connectivity index (χ2n) is 5.66. The average molecular weight is 385 g/mol. The molecule has 0 radical (unpaired) electrons. The van der Waals surface area contributed by atoms with E-state index in [0.29, 0.717) is 18.0 Å². The number of alkyl halides is 3. The zero-order valence-electron chi connectivity index (χ0n) is 12.9. The first kappa shape index (κ1) is 19.1. The Balaban J connectivity index is 1.85. The van der Waals surface area contributed by atoms with Crippen molar-refractivity contribution in [1.29, 1.82) is 0 Å². The molecule has 24 heavy (non-hydrogen) atoms. The number of likely N-dealkylation sites (tertiary alicyclic amines) is 1. The lowest BCUT2D eigenvalue weighted by Gasteiger charge is -2.20. The normalized spacial score (nSPS) is 20.0. The Labute approximate surface area is 147 Å². The van der Waals surface area contributed by atoms with E-state index in [1.807, 2.05) is 0 Å². The molecule has 1 saturated heterocycles. The van der Waals surface area contributed by atoms with E-state index >= 15 is 0 Å². The summed E-state index contributed by atoms with van der Waals surface area (Å²) in [6, 6.07) is 4.48. The molecule has 9 heteroatoms. The number of ether oxygens (including phenoxy) is 1. The molecule has 2 atom stereocenters. The van der Waals surface area contributed by atoms with Crippen molar-refractivity contribution in [2.45, 2.75) is 31.7 Å². The van der Waals surface area contributed by atoms with Crippen LogP contribution in [-0.4, -0.2) is 48.8 Å². The van der Waals surface area contributed by atoms with Gasteiger partial charge < -0.3 is 10.1 Å². The van der Waals surface area contributed by atoms with Crippen LogP contribution in [0.2, 0.25) is 10.0 Å². The highest BCUT2D eigenvalue weighted by atomic mass is 35.5. The first-order valence-corrected chi connectivity index (χ1v) is 8.11. The van der Waals surface area contributed by atoms with E-state index < -0.39 is 24.7 Å². The van der Waals surface area contributed by atoms with Gasteiger partial charge >= 0.3 is 6.18 Å². The van der Waals surface area contributed by atoms with Crippen molar-refractivity contribution in [2.75, 3.05) is 19.6 Å². The SMILES string of the molecule is CC(Oc1cccc(Cl)c1Cl)C(=O)NC1CCN(CC(F)(F)F)C1. The molecule has 1 heterocycles. The first-order valence-electron chi connectivity index (χ1n) is 7.36. The Morgan fingerprint density at radius 3 is 2.83 bits per heavy atom. The number of nitrogens with zero attached hydrogens (tertiary/aromatic N) is 1. The van der Waals surface area contributed by atoms with Crippen LogP contribution in [0.3, 0.4) is 0 Å². The van der Waals surface area contributed by atoms with E-state index in [2.05, 4.69) is 5.32 Å². The Hall–Kier alpha value is -1.18. The summed E-state index contributed by atoms with van der Waals surface area (Å²) in [5.74, 6) is -0.137. The molecule has 2 unspecified atom stereocenters. The van der Waals surface area contributed by atoms with Gasteiger partial charge in [0.1, 0.15) is 10.8 Å². The van der Waals surface area contributed by atoms with Gasteiger partial charge in [-0.2, -0.15) is 13.2 Å². The number of carbonyl (C=O) groups excluding carboxylic acids is 1. The van der Waals surface area contributed by atoms with Gasteiger partial charge in [0.15, 0.2) is 6.10 Å². The molecular formula is C15H17Cl2F3N2O2. The molecule has 0 saturated carbocycles. The number of rotatable bonds is 5. The van der Waals surface area contributed by atoms with Crippen LogP contribution >= 0.6 is 23.2 Å². The molecule has 1 aromatic rings. The number of hydrogen-bond donors (Lipinski definition) is 1. The van der Waals surface area contributed by atoms with Crippen LogP contribution in [0.15, 0.2) is 18.2 Å². The summed E-state index contributed by atoms with van der Waals surface area (Å²) in [5.41, 5.74) is 0. The number of nitrogens with one attached hydrogen (secondary N) is 1. The van der Waals surface area contributed by atoms with E-state index in [1.165, 1.54) is 11.8 Å². The minimum absolute atomic E-state index is 0.163. The van der Waals surface area contributed by atoms with Crippen LogP contribution in [0, 0.1) is 0 Å². The van der Waals surface area contributed by atoms with Crippen LogP contribution in [-0.2, 0) is 4.79 Å². The van der Waals surface area contributed by atoms with Gasteiger partial charge in [0, 0.05) is 19.1 Å². The second-order valence-corrected chi connectivity index (χ2v) is 6.44. The molecule has 0 bridgehead atoms. The number of amides is 1. The van der Waals surface area contributed by atoms with Crippen LogP contribution in [0.1, 0.15) is 13.3 Å². The van der Waals surface area contributed by atoms with Gasteiger partial charge in [-0.1, -0.05) is 29.3 Å². The van der Waals surface area contributed by atoms with Crippen molar-refractivity contribution in [2.24, 2.45) is 0 Å². The van der Waals surface area contributed by atoms with Gasteiger partial charge in [-0.3, -0.25) is 9.69 Å². The maximum Gasteiger partial charge on any atom is 0.401 e. The van der Waals surface area contributed by atoms with Crippen LogP contribution in [0.25, 0.3) is 0 Å². The highest BCUT2D eigenvalue weighted by Crippen LogP contribution is 2.32. The zero-order chi connectivity index (χ0) is 17.9. The molecular weight excluding hydrogens is 368 g/mol.